The molecule has 3 heteroatoms. The van der Waals surface area contributed by atoms with Crippen molar-refractivity contribution in [3.8, 4) is 0 Å². The van der Waals surface area contributed by atoms with Gasteiger partial charge in [-0.3, -0.25) is 4.79 Å². The van der Waals surface area contributed by atoms with Gasteiger partial charge in [-0.05, 0) is 37.7 Å². The molecule has 0 amide bonds. The smallest absolute Gasteiger partial charge is 0.141 e. The van der Waals surface area contributed by atoms with Gasteiger partial charge in [0.2, 0.25) is 0 Å². The molecule has 3 nitrogen and oxygen atoms in total. The van der Waals surface area contributed by atoms with Crippen molar-refractivity contribution >= 4 is 5.78 Å². The van der Waals surface area contributed by atoms with Crippen molar-refractivity contribution in [3.63, 3.8) is 0 Å². The third-order valence-corrected chi connectivity index (χ3v) is 4.61. The number of carbonyl (C=O) groups is 1. The third-order valence-electron chi connectivity index (χ3n) is 4.61. The number of Topliss-reactive ketones (excluding diaryl/α,β-unsaturated/α-hetero) is 1. The number of hydrogen-bond donors (Lipinski definition) is 0. The Morgan fingerprint density at radius 2 is 2.21 bits per heavy atom. The predicted octanol–water partition coefficient (Wildman–Crippen LogP) is 2.80. The molecule has 4 unspecified atom stereocenters. The quantitative estimate of drug-likeness (QED) is 0.767. The highest BCUT2D eigenvalue weighted by Gasteiger charge is 2.42. The number of ether oxygens (including phenoxy) is 2. The lowest BCUT2D eigenvalue weighted by molar-refractivity contribution is -0.152. The van der Waals surface area contributed by atoms with Gasteiger partial charge < -0.3 is 9.47 Å². The molecule has 0 spiro atoms. The van der Waals surface area contributed by atoms with E-state index in [0.29, 0.717) is 12.2 Å². The molecule has 0 aromatic carbocycles. The zero-order chi connectivity index (χ0) is 13.2. The molecule has 0 aromatic rings. The molecule has 2 aliphatic carbocycles. The zero-order valence-corrected chi connectivity index (χ0v) is 11.5. The molecule has 0 N–H and O–H groups in total. The number of carbonyl (C=O) groups excluding carboxylic acids is 1. The molecule has 2 fully saturated rings. The molecule has 0 bridgehead atoms. The second kappa shape index (κ2) is 5.59. The Bertz CT molecular complexity index is 410. The first kappa shape index (κ1) is 13.1. The van der Waals surface area contributed by atoms with Gasteiger partial charge in [0.05, 0.1) is 18.3 Å². The van der Waals surface area contributed by atoms with Gasteiger partial charge in [0, 0.05) is 19.4 Å². The van der Waals surface area contributed by atoms with Gasteiger partial charge in [-0.15, -0.1) is 0 Å². The summed E-state index contributed by atoms with van der Waals surface area (Å²) in [7, 11) is 1.74. The number of rotatable bonds is 2. The number of ketones is 1. The minimum atomic E-state index is -0.00982. The van der Waals surface area contributed by atoms with Crippen molar-refractivity contribution in [2.24, 2.45) is 5.92 Å². The van der Waals surface area contributed by atoms with Crippen LogP contribution in [0.1, 0.15) is 38.5 Å². The van der Waals surface area contributed by atoms with Crippen LogP contribution in [-0.2, 0) is 14.3 Å². The van der Waals surface area contributed by atoms with E-state index in [4.69, 9.17) is 9.47 Å². The number of methoxy groups -OCH3 is 1. The minimum Gasteiger partial charge on any atom is -0.381 e. The van der Waals surface area contributed by atoms with Crippen LogP contribution in [0.15, 0.2) is 23.8 Å². The van der Waals surface area contributed by atoms with Crippen LogP contribution in [0.5, 0.6) is 0 Å². The van der Waals surface area contributed by atoms with E-state index in [2.05, 4.69) is 18.2 Å². The van der Waals surface area contributed by atoms with E-state index in [9.17, 15) is 4.79 Å². The van der Waals surface area contributed by atoms with Crippen LogP contribution in [0.2, 0.25) is 0 Å². The molecule has 3 aliphatic rings. The van der Waals surface area contributed by atoms with Crippen molar-refractivity contribution in [1.29, 1.82) is 0 Å². The van der Waals surface area contributed by atoms with Gasteiger partial charge in [0.15, 0.2) is 0 Å². The minimum absolute atomic E-state index is 0.00982. The molecular weight excluding hydrogens is 240 g/mol. The Morgan fingerprint density at radius 3 is 2.95 bits per heavy atom. The molecule has 3 rings (SSSR count). The topological polar surface area (TPSA) is 35.5 Å². The first-order chi connectivity index (χ1) is 9.28. The highest BCUT2D eigenvalue weighted by Crippen LogP contribution is 2.37. The number of hydrogen-bond acceptors (Lipinski definition) is 3. The number of allylic oxidation sites excluding steroid dienone is 2. The maximum atomic E-state index is 12.4. The number of fused-ring (bicyclic) bond motifs is 1. The Morgan fingerprint density at radius 1 is 1.32 bits per heavy atom. The van der Waals surface area contributed by atoms with Crippen molar-refractivity contribution in [1.82, 2.24) is 0 Å². The molecule has 0 aromatic heterocycles. The second-order valence-electron chi connectivity index (χ2n) is 5.79. The van der Waals surface area contributed by atoms with Gasteiger partial charge >= 0.3 is 0 Å². The summed E-state index contributed by atoms with van der Waals surface area (Å²) in [6.45, 7) is 0. The lowest BCUT2D eigenvalue weighted by Gasteiger charge is -2.41. The van der Waals surface area contributed by atoms with Crippen LogP contribution >= 0.6 is 0 Å². The molecule has 1 heterocycles. The van der Waals surface area contributed by atoms with Crippen LogP contribution in [0.3, 0.4) is 0 Å². The highest BCUT2D eigenvalue weighted by atomic mass is 16.5. The Kier molecular flexibility index (Phi) is 3.85. The van der Waals surface area contributed by atoms with Gasteiger partial charge in [0.25, 0.3) is 0 Å². The predicted molar refractivity (Wildman–Crippen MR) is 72.9 cm³/mol. The lowest BCUT2D eigenvalue weighted by atomic mass is 9.77. The molecule has 19 heavy (non-hydrogen) atoms. The zero-order valence-electron chi connectivity index (χ0n) is 11.5. The van der Waals surface area contributed by atoms with E-state index in [1.54, 1.807) is 7.11 Å². The van der Waals surface area contributed by atoms with Crippen LogP contribution in [0.25, 0.3) is 0 Å². The SMILES string of the molecule is COC1CCC2OC(C3=CCCC=C3)CC(=O)C2C1. The lowest BCUT2D eigenvalue weighted by Crippen LogP contribution is -2.46. The summed E-state index contributed by atoms with van der Waals surface area (Å²) in [5.41, 5.74) is 1.20. The fourth-order valence-electron chi connectivity index (χ4n) is 3.48. The van der Waals surface area contributed by atoms with Gasteiger partial charge in [-0.2, -0.15) is 0 Å². The van der Waals surface area contributed by atoms with Gasteiger partial charge in [-0.1, -0.05) is 18.2 Å². The molecule has 1 saturated heterocycles. The standard InChI is InChI=1S/C16H22O3/c1-18-12-7-8-15-13(9-12)14(17)10-16(19-15)11-5-3-2-4-6-11/h3,5-6,12-13,15-16H,2,4,7-10H2,1H3. The summed E-state index contributed by atoms with van der Waals surface area (Å²) in [6.07, 6.45) is 12.4. The molecule has 4 atom stereocenters. The van der Waals surface area contributed by atoms with E-state index < -0.39 is 0 Å². The highest BCUT2D eigenvalue weighted by molar-refractivity contribution is 5.83. The molecule has 1 saturated carbocycles. The summed E-state index contributed by atoms with van der Waals surface area (Å²) in [4.78, 5) is 12.4. The van der Waals surface area contributed by atoms with E-state index in [0.717, 1.165) is 32.1 Å². The fraction of sp³-hybridized carbons (Fsp3) is 0.688. The van der Waals surface area contributed by atoms with Crippen molar-refractivity contribution in [2.45, 2.75) is 56.8 Å². The summed E-state index contributed by atoms with van der Waals surface area (Å²) < 4.78 is 11.6. The normalized spacial score (nSPS) is 38.8. The Balaban J connectivity index is 1.70. The summed E-state index contributed by atoms with van der Waals surface area (Å²) in [5.74, 6) is 0.422. The van der Waals surface area contributed by atoms with E-state index in [1.807, 2.05) is 0 Å². The van der Waals surface area contributed by atoms with Crippen LogP contribution < -0.4 is 0 Å². The first-order valence-electron chi connectivity index (χ1n) is 7.35. The monoisotopic (exact) mass is 262 g/mol. The molecule has 104 valence electrons. The van der Waals surface area contributed by atoms with Crippen LogP contribution in [0.4, 0.5) is 0 Å². The average Bonchev–Trinajstić information content (AvgIpc) is 2.48. The second-order valence-corrected chi connectivity index (χ2v) is 5.79. The van der Waals surface area contributed by atoms with Crippen LogP contribution in [0, 0.1) is 5.92 Å². The van der Waals surface area contributed by atoms with Gasteiger partial charge in [-0.25, -0.2) is 0 Å². The van der Waals surface area contributed by atoms with E-state index >= 15 is 0 Å². The summed E-state index contributed by atoms with van der Waals surface area (Å²) >= 11 is 0. The third kappa shape index (κ3) is 2.67. The van der Waals surface area contributed by atoms with Crippen molar-refractivity contribution < 1.29 is 14.3 Å². The van der Waals surface area contributed by atoms with E-state index in [1.165, 1.54) is 5.57 Å². The van der Waals surface area contributed by atoms with Crippen molar-refractivity contribution in [2.75, 3.05) is 7.11 Å². The van der Waals surface area contributed by atoms with Crippen LogP contribution in [-0.4, -0.2) is 31.2 Å². The Hall–Kier alpha value is -0.930. The maximum Gasteiger partial charge on any atom is 0.141 e. The van der Waals surface area contributed by atoms with Crippen molar-refractivity contribution in [3.05, 3.63) is 23.8 Å². The average molecular weight is 262 g/mol. The molecule has 1 aliphatic heterocycles. The molecular formula is C16H22O3. The van der Waals surface area contributed by atoms with Gasteiger partial charge in [0.1, 0.15) is 5.78 Å². The summed E-state index contributed by atoms with van der Waals surface area (Å²) in [6, 6.07) is 0. The Labute approximate surface area is 114 Å². The fourth-order valence-corrected chi connectivity index (χ4v) is 3.48. The largest absolute Gasteiger partial charge is 0.381 e. The first-order valence-corrected chi connectivity index (χ1v) is 7.35. The summed E-state index contributed by atoms with van der Waals surface area (Å²) in [5, 5.41) is 0. The maximum absolute atomic E-state index is 12.4. The van der Waals surface area contributed by atoms with E-state index in [-0.39, 0.29) is 24.2 Å². The molecule has 0 radical (unpaired) electrons.